The van der Waals surface area contributed by atoms with Crippen molar-refractivity contribution in [1.29, 1.82) is 0 Å². The highest BCUT2D eigenvalue weighted by atomic mass is 16.3. The molecule has 21 heavy (non-hydrogen) atoms. The highest BCUT2D eigenvalue weighted by Gasteiger charge is 2.04. The van der Waals surface area contributed by atoms with Gasteiger partial charge in [-0.15, -0.1) is 0 Å². The van der Waals surface area contributed by atoms with Gasteiger partial charge in [0.25, 0.3) is 0 Å². The van der Waals surface area contributed by atoms with E-state index in [9.17, 15) is 9.90 Å². The molecule has 106 valence electrons. The molecule has 0 saturated heterocycles. The van der Waals surface area contributed by atoms with Crippen molar-refractivity contribution in [1.82, 2.24) is 0 Å². The average molecular weight is 281 g/mol. The largest absolute Gasteiger partial charge is 0.508 e. The first kappa shape index (κ1) is 14.6. The quantitative estimate of drug-likeness (QED) is 0.753. The van der Waals surface area contributed by atoms with Crippen LogP contribution < -0.4 is 5.32 Å². The average Bonchev–Trinajstić information content (AvgIpc) is 2.48. The molecule has 0 aromatic heterocycles. The molecule has 0 saturated carbocycles. The van der Waals surface area contributed by atoms with Crippen molar-refractivity contribution in [2.24, 2.45) is 0 Å². The first-order valence-corrected chi connectivity index (χ1v) is 6.45. The minimum absolute atomic E-state index is 0.145. The number of anilines is 1. The Morgan fingerprint density at radius 1 is 1.14 bits per heavy atom. The van der Waals surface area contributed by atoms with Gasteiger partial charge in [0.05, 0.1) is 6.42 Å². The van der Waals surface area contributed by atoms with Gasteiger partial charge in [-0.3, -0.25) is 4.79 Å². The van der Waals surface area contributed by atoms with Gasteiger partial charge in [0, 0.05) is 11.3 Å². The Balaban J connectivity index is 2.00. The second kappa shape index (κ2) is 7.13. The van der Waals surface area contributed by atoms with E-state index >= 15 is 0 Å². The Labute approximate surface area is 123 Å². The lowest BCUT2D eigenvalue weighted by Crippen LogP contribution is -2.14. The van der Waals surface area contributed by atoms with Gasteiger partial charge in [-0.1, -0.05) is 30.0 Å². The third-order valence-electron chi connectivity index (χ3n) is 2.76. The Morgan fingerprint density at radius 2 is 1.90 bits per heavy atom. The van der Waals surface area contributed by atoms with Crippen LogP contribution >= 0.6 is 0 Å². The van der Waals surface area contributed by atoms with Crippen molar-refractivity contribution in [3.8, 4) is 17.6 Å². The third-order valence-corrected chi connectivity index (χ3v) is 2.76. The summed E-state index contributed by atoms with van der Waals surface area (Å²) in [5.74, 6) is 5.37. The SMILES string of the molecule is O=C(Cc1ccc(O)cc1)Nc1cccc(C#CCO)c1. The van der Waals surface area contributed by atoms with Crippen LogP contribution in [0.25, 0.3) is 0 Å². The lowest BCUT2D eigenvalue weighted by molar-refractivity contribution is -0.115. The number of phenols is 1. The summed E-state index contributed by atoms with van der Waals surface area (Å²) < 4.78 is 0. The molecule has 0 bridgehead atoms. The van der Waals surface area contributed by atoms with E-state index in [2.05, 4.69) is 17.2 Å². The zero-order chi connectivity index (χ0) is 15.1. The number of aliphatic hydroxyl groups is 1. The van der Waals surface area contributed by atoms with Crippen LogP contribution in [0.5, 0.6) is 5.75 Å². The number of rotatable bonds is 3. The number of carbonyl (C=O) groups excluding carboxylic acids is 1. The summed E-state index contributed by atoms with van der Waals surface area (Å²) in [6.07, 6.45) is 0.229. The monoisotopic (exact) mass is 281 g/mol. The van der Waals surface area contributed by atoms with Crippen molar-refractivity contribution < 1.29 is 15.0 Å². The number of amides is 1. The topological polar surface area (TPSA) is 69.6 Å². The Hall–Kier alpha value is -2.77. The molecule has 3 N–H and O–H groups in total. The van der Waals surface area contributed by atoms with E-state index in [1.54, 1.807) is 48.5 Å². The molecular formula is C17H15NO3. The molecule has 0 spiro atoms. The number of aromatic hydroxyl groups is 1. The van der Waals surface area contributed by atoms with E-state index in [0.717, 1.165) is 11.1 Å². The van der Waals surface area contributed by atoms with Gasteiger partial charge in [-0.05, 0) is 35.9 Å². The summed E-state index contributed by atoms with van der Waals surface area (Å²) in [7, 11) is 0. The number of aliphatic hydroxyl groups excluding tert-OH is 1. The van der Waals surface area contributed by atoms with Crippen LogP contribution in [0.3, 0.4) is 0 Å². The highest BCUT2D eigenvalue weighted by Crippen LogP contribution is 2.13. The minimum Gasteiger partial charge on any atom is -0.508 e. The molecule has 4 heteroatoms. The number of phenolic OH excluding ortho intramolecular Hbond substituents is 1. The summed E-state index contributed by atoms with van der Waals surface area (Å²) in [6, 6.07) is 13.6. The molecule has 0 unspecified atom stereocenters. The molecule has 2 rings (SSSR count). The molecule has 1 amide bonds. The zero-order valence-electron chi connectivity index (χ0n) is 11.3. The minimum atomic E-state index is -0.197. The predicted octanol–water partition coefficient (Wildman–Crippen LogP) is 1.92. The molecule has 0 fully saturated rings. The summed E-state index contributed by atoms with van der Waals surface area (Å²) >= 11 is 0. The number of hydrogen-bond acceptors (Lipinski definition) is 3. The molecule has 0 radical (unpaired) electrons. The standard InChI is InChI=1S/C17H15NO3/c19-10-2-4-13-3-1-5-15(11-13)18-17(21)12-14-6-8-16(20)9-7-14/h1,3,5-9,11,19-20H,10,12H2,(H,18,21). The molecule has 0 aliphatic heterocycles. The van der Waals surface area contributed by atoms with E-state index in [1.807, 2.05) is 0 Å². The van der Waals surface area contributed by atoms with Crippen LogP contribution in [0.1, 0.15) is 11.1 Å². The van der Waals surface area contributed by atoms with Gasteiger partial charge < -0.3 is 15.5 Å². The second-order valence-corrected chi connectivity index (χ2v) is 4.43. The first-order chi connectivity index (χ1) is 10.2. The summed E-state index contributed by atoms with van der Waals surface area (Å²) in [6.45, 7) is -0.197. The van der Waals surface area contributed by atoms with Crippen molar-refractivity contribution in [3.63, 3.8) is 0 Å². The van der Waals surface area contributed by atoms with Crippen LogP contribution in [-0.2, 0) is 11.2 Å². The number of benzene rings is 2. The fourth-order valence-corrected chi connectivity index (χ4v) is 1.82. The summed E-state index contributed by atoms with van der Waals surface area (Å²) in [5.41, 5.74) is 2.21. The molecule has 2 aromatic rings. The smallest absolute Gasteiger partial charge is 0.228 e. The molecule has 0 atom stereocenters. The number of nitrogens with one attached hydrogen (secondary N) is 1. The van der Waals surface area contributed by atoms with Crippen LogP contribution in [0.15, 0.2) is 48.5 Å². The van der Waals surface area contributed by atoms with Gasteiger partial charge in [0.15, 0.2) is 0 Å². The molecule has 0 aliphatic rings. The maximum atomic E-state index is 11.9. The summed E-state index contributed by atoms with van der Waals surface area (Å²) in [5, 5.41) is 20.7. The van der Waals surface area contributed by atoms with Crippen molar-refractivity contribution >= 4 is 11.6 Å². The van der Waals surface area contributed by atoms with Crippen LogP contribution in [0, 0.1) is 11.8 Å². The third kappa shape index (κ3) is 4.68. The van der Waals surface area contributed by atoms with Gasteiger partial charge in [0.1, 0.15) is 12.4 Å². The Morgan fingerprint density at radius 3 is 2.62 bits per heavy atom. The van der Waals surface area contributed by atoms with E-state index in [-0.39, 0.29) is 24.7 Å². The van der Waals surface area contributed by atoms with E-state index in [0.29, 0.717) is 5.69 Å². The van der Waals surface area contributed by atoms with Crippen LogP contribution in [-0.4, -0.2) is 22.7 Å². The van der Waals surface area contributed by atoms with E-state index < -0.39 is 0 Å². The zero-order valence-corrected chi connectivity index (χ0v) is 11.3. The summed E-state index contributed by atoms with van der Waals surface area (Å²) in [4.78, 5) is 11.9. The lowest BCUT2D eigenvalue weighted by atomic mass is 10.1. The van der Waals surface area contributed by atoms with Gasteiger partial charge in [-0.25, -0.2) is 0 Å². The van der Waals surface area contributed by atoms with E-state index in [1.165, 1.54) is 0 Å². The highest BCUT2D eigenvalue weighted by molar-refractivity contribution is 5.92. The van der Waals surface area contributed by atoms with Crippen LogP contribution in [0.2, 0.25) is 0 Å². The van der Waals surface area contributed by atoms with Crippen molar-refractivity contribution in [3.05, 3.63) is 59.7 Å². The normalized spacial score (nSPS) is 9.57. The van der Waals surface area contributed by atoms with Gasteiger partial charge in [0.2, 0.25) is 5.91 Å². The second-order valence-electron chi connectivity index (χ2n) is 4.43. The maximum absolute atomic E-state index is 11.9. The van der Waals surface area contributed by atoms with Gasteiger partial charge >= 0.3 is 0 Å². The fraction of sp³-hybridized carbons (Fsp3) is 0.118. The Kier molecular flexibility index (Phi) is 4.97. The molecular weight excluding hydrogens is 266 g/mol. The lowest BCUT2D eigenvalue weighted by Gasteiger charge is -2.06. The number of hydrogen-bond donors (Lipinski definition) is 3. The first-order valence-electron chi connectivity index (χ1n) is 6.45. The van der Waals surface area contributed by atoms with Crippen molar-refractivity contribution in [2.45, 2.75) is 6.42 Å². The molecule has 2 aromatic carbocycles. The molecule has 4 nitrogen and oxygen atoms in total. The predicted molar refractivity (Wildman–Crippen MR) is 80.8 cm³/mol. The number of carbonyl (C=O) groups is 1. The van der Waals surface area contributed by atoms with E-state index in [4.69, 9.17) is 5.11 Å². The maximum Gasteiger partial charge on any atom is 0.228 e. The molecule has 0 aliphatic carbocycles. The van der Waals surface area contributed by atoms with Gasteiger partial charge in [-0.2, -0.15) is 0 Å². The molecule has 0 heterocycles. The van der Waals surface area contributed by atoms with Crippen molar-refractivity contribution in [2.75, 3.05) is 11.9 Å². The fourth-order valence-electron chi connectivity index (χ4n) is 1.82. The Bertz CT molecular complexity index is 681. The van der Waals surface area contributed by atoms with Crippen LogP contribution in [0.4, 0.5) is 5.69 Å².